The highest BCUT2D eigenvalue weighted by Gasteiger charge is 2.50. The lowest BCUT2D eigenvalue weighted by Crippen LogP contribution is -2.56. The van der Waals surface area contributed by atoms with Crippen molar-refractivity contribution in [1.29, 1.82) is 5.26 Å². The van der Waals surface area contributed by atoms with Crippen LogP contribution in [0.15, 0.2) is 48.5 Å². The van der Waals surface area contributed by atoms with Crippen LogP contribution in [0.3, 0.4) is 0 Å². The number of piperidine rings is 1. The highest BCUT2D eigenvalue weighted by atomic mass is 19.1. The molecule has 2 aliphatic rings. The molecule has 0 aromatic heterocycles. The van der Waals surface area contributed by atoms with E-state index >= 15 is 0 Å². The van der Waals surface area contributed by atoms with E-state index in [9.17, 15) is 24.7 Å². The van der Waals surface area contributed by atoms with E-state index in [1.54, 1.807) is 36.4 Å². The van der Waals surface area contributed by atoms with Crippen LogP contribution in [-0.2, 0) is 15.6 Å². The lowest BCUT2D eigenvalue weighted by Gasteiger charge is -2.48. The van der Waals surface area contributed by atoms with E-state index in [-0.39, 0.29) is 17.5 Å². The molecule has 5 nitrogen and oxygen atoms in total. The number of nitriles is 1. The molecule has 2 atom stereocenters. The largest absolute Gasteiger partial charge is 0.508 e. The van der Waals surface area contributed by atoms with Crippen molar-refractivity contribution >= 4 is 5.97 Å². The standard InChI is InChI=1S/C26H29FN2O3/c1-18-16-29(14-13-26(18,24(31)32)20-3-2-4-23(30)15-20)22-9-11-25(17-28,12-10-22)19-5-7-21(27)8-6-19/h2-8,15,18,22,30H,9-14,16H2,1H3,(H,31,32)/t18-,22?,25?,26-/m1/s1. The number of hydrogen-bond acceptors (Lipinski definition) is 4. The number of likely N-dealkylation sites (tertiary alicyclic amines) is 1. The number of nitrogens with zero attached hydrogens (tertiary/aromatic N) is 2. The van der Waals surface area contributed by atoms with Gasteiger partial charge in [-0.2, -0.15) is 5.26 Å². The molecule has 2 aromatic rings. The maximum absolute atomic E-state index is 13.3. The third kappa shape index (κ3) is 3.75. The number of benzene rings is 2. The molecule has 0 radical (unpaired) electrons. The van der Waals surface area contributed by atoms with Crippen LogP contribution in [0, 0.1) is 23.1 Å². The minimum absolute atomic E-state index is 0.0821. The maximum Gasteiger partial charge on any atom is 0.314 e. The van der Waals surface area contributed by atoms with Crippen LogP contribution in [0.25, 0.3) is 0 Å². The third-order valence-corrected chi connectivity index (χ3v) is 7.82. The fraction of sp³-hybridized carbons (Fsp3) is 0.462. The molecule has 1 saturated carbocycles. The molecule has 2 aromatic carbocycles. The summed E-state index contributed by atoms with van der Waals surface area (Å²) in [6.07, 6.45) is 3.60. The first-order valence-corrected chi connectivity index (χ1v) is 11.2. The molecule has 0 spiro atoms. The number of rotatable bonds is 4. The fourth-order valence-corrected chi connectivity index (χ4v) is 5.84. The van der Waals surface area contributed by atoms with Gasteiger partial charge in [0, 0.05) is 12.6 Å². The molecule has 0 bridgehead atoms. The zero-order valence-corrected chi connectivity index (χ0v) is 18.3. The second-order valence-electron chi connectivity index (χ2n) is 9.40. The molecule has 6 heteroatoms. The highest BCUT2D eigenvalue weighted by Crippen LogP contribution is 2.45. The van der Waals surface area contributed by atoms with Gasteiger partial charge in [-0.25, -0.2) is 4.39 Å². The van der Waals surface area contributed by atoms with Crippen molar-refractivity contribution in [3.63, 3.8) is 0 Å². The van der Waals surface area contributed by atoms with Crippen molar-refractivity contribution < 1.29 is 19.4 Å². The molecule has 32 heavy (non-hydrogen) atoms. The molecular formula is C26H29FN2O3. The lowest BCUT2D eigenvalue weighted by atomic mass is 9.65. The molecule has 1 saturated heterocycles. The lowest BCUT2D eigenvalue weighted by molar-refractivity contribution is -0.149. The minimum atomic E-state index is -1.02. The minimum Gasteiger partial charge on any atom is -0.508 e. The predicted molar refractivity (Wildman–Crippen MR) is 119 cm³/mol. The van der Waals surface area contributed by atoms with Crippen LogP contribution >= 0.6 is 0 Å². The van der Waals surface area contributed by atoms with Gasteiger partial charge >= 0.3 is 5.97 Å². The molecule has 2 N–H and O–H groups in total. The number of aliphatic carboxylic acids is 1. The first-order valence-electron chi connectivity index (χ1n) is 11.2. The first-order chi connectivity index (χ1) is 15.3. The number of halogens is 1. The van der Waals surface area contributed by atoms with Crippen LogP contribution < -0.4 is 0 Å². The maximum atomic E-state index is 13.3. The van der Waals surface area contributed by atoms with E-state index in [2.05, 4.69) is 11.0 Å². The topological polar surface area (TPSA) is 84.6 Å². The summed E-state index contributed by atoms with van der Waals surface area (Å²) in [6.45, 7) is 3.29. The zero-order chi connectivity index (χ0) is 22.9. The second-order valence-corrected chi connectivity index (χ2v) is 9.40. The van der Waals surface area contributed by atoms with Crippen molar-refractivity contribution in [3.8, 4) is 11.8 Å². The van der Waals surface area contributed by atoms with Crippen molar-refractivity contribution in [2.45, 2.75) is 55.9 Å². The quantitative estimate of drug-likeness (QED) is 0.732. The summed E-state index contributed by atoms with van der Waals surface area (Å²) in [5.41, 5.74) is -0.0758. The van der Waals surface area contributed by atoms with Gasteiger partial charge in [0.05, 0.1) is 16.9 Å². The Kier molecular flexibility index (Phi) is 5.96. The molecular weight excluding hydrogens is 407 g/mol. The van der Waals surface area contributed by atoms with Crippen molar-refractivity contribution in [2.75, 3.05) is 13.1 Å². The summed E-state index contributed by atoms with van der Waals surface area (Å²) >= 11 is 0. The molecule has 0 unspecified atom stereocenters. The summed E-state index contributed by atoms with van der Waals surface area (Å²) < 4.78 is 13.3. The van der Waals surface area contributed by atoms with Crippen LogP contribution in [0.5, 0.6) is 5.75 Å². The molecule has 168 valence electrons. The Hall–Kier alpha value is -2.91. The summed E-state index contributed by atoms with van der Waals surface area (Å²) in [5, 5.41) is 30.0. The van der Waals surface area contributed by atoms with Gasteiger partial charge in [0.15, 0.2) is 0 Å². The van der Waals surface area contributed by atoms with Crippen molar-refractivity contribution in [2.24, 2.45) is 5.92 Å². The van der Waals surface area contributed by atoms with Gasteiger partial charge in [-0.15, -0.1) is 0 Å². The van der Waals surface area contributed by atoms with E-state index in [0.29, 0.717) is 44.0 Å². The van der Waals surface area contributed by atoms with Crippen molar-refractivity contribution in [3.05, 3.63) is 65.5 Å². The summed E-state index contributed by atoms with van der Waals surface area (Å²) in [5.74, 6) is -1.20. The van der Waals surface area contributed by atoms with E-state index in [0.717, 1.165) is 18.4 Å². The predicted octanol–water partition coefficient (Wildman–Crippen LogP) is 4.60. The Labute approximate surface area is 188 Å². The molecule has 1 aliphatic heterocycles. The normalized spacial score (nSPS) is 31.0. The molecule has 1 aliphatic carbocycles. The van der Waals surface area contributed by atoms with Crippen LogP contribution in [0.4, 0.5) is 4.39 Å². The molecule has 0 amide bonds. The SMILES string of the molecule is C[C@@H]1CN(C2CCC(C#N)(c3ccc(F)cc3)CC2)CC[C@]1(C(=O)O)c1cccc(O)c1. The molecule has 1 heterocycles. The van der Waals surface area contributed by atoms with Gasteiger partial charge in [-0.3, -0.25) is 4.79 Å². The van der Waals surface area contributed by atoms with E-state index < -0.39 is 16.8 Å². The smallest absolute Gasteiger partial charge is 0.314 e. The summed E-state index contributed by atoms with van der Waals surface area (Å²) in [4.78, 5) is 14.8. The number of phenols is 1. The monoisotopic (exact) mass is 436 g/mol. The average Bonchev–Trinajstić information content (AvgIpc) is 2.79. The number of carboxylic acids is 1. The van der Waals surface area contributed by atoms with Gasteiger partial charge in [0.2, 0.25) is 0 Å². The third-order valence-electron chi connectivity index (χ3n) is 7.82. The second kappa shape index (κ2) is 8.55. The Morgan fingerprint density at radius 1 is 1.12 bits per heavy atom. The molecule has 4 rings (SSSR count). The van der Waals surface area contributed by atoms with Gasteiger partial charge in [-0.05, 0) is 80.0 Å². The number of carboxylic acid groups (broad SMARTS) is 1. The Morgan fingerprint density at radius 3 is 2.38 bits per heavy atom. The first kappa shape index (κ1) is 22.3. The average molecular weight is 437 g/mol. The Morgan fingerprint density at radius 2 is 1.81 bits per heavy atom. The number of hydrogen-bond donors (Lipinski definition) is 2. The van der Waals surface area contributed by atoms with Gasteiger partial charge < -0.3 is 15.1 Å². The molecule has 2 fully saturated rings. The zero-order valence-electron chi connectivity index (χ0n) is 18.3. The van der Waals surface area contributed by atoms with E-state index in [4.69, 9.17) is 0 Å². The van der Waals surface area contributed by atoms with Crippen molar-refractivity contribution in [1.82, 2.24) is 4.90 Å². The van der Waals surface area contributed by atoms with Crippen LogP contribution in [0.1, 0.15) is 50.2 Å². The Balaban J connectivity index is 1.48. The van der Waals surface area contributed by atoms with Gasteiger partial charge in [0.1, 0.15) is 11.6 Å². The van der Waals surface area contributed by atoms with E-state index in [1.807, 2.05) is 6.92 Å². The Bertz CT molecular complexity index is 1020. The van der Waals surface area contributed by atoms with Crippen LogP contribution in [0.2, 0.25) is 0 Å². The summed E-state index contributed by atoms with van der Waals surface area (Å²) in [6, 6.07) is 15.7. The number of phenolic OH excluding ortho intramolecular Hbond substituents is 1. The van der Waals surface area contributed by atoms with Gasteiger partial charge in [-0.1, -0.05) is 31.2 Å². The van der Waals surface area contributed by atoms with Crippen LogP contribution in [-0.4, -0.2) is 40.2 Å². The van der Waals surface area contributed by atoms with Gasteiger partial charge in [0.25, 0.3) is 0 Å². The summed E-state index contributed by atoms with van der Waals surface area (Å²) in [7, 11) is 0. The van der Waals surface area contributed by atoms with E-state index in [1.165, 1.54) is 12.1 Å². The number of aromatic hydroxyl groups is 1. The fourth-order valence-electron chi connectivity index (χ4n) is 5.84. The number of carbonyl (C=O) groups is 1. The highest BCUT2D eigenvalue weighted by molar-refractivity contribution is 5.82.